The summed E-state index contributed by atoms with van der Waals surface area (Å²) in [7, 11) is 0. The Balaban J connectivity index is 2.56. The molecule has 0 spiro atoms. The van der Waals surface area contributed by atoms with E-state index in [2.05, 4.69) is 0 Å². The molecular weight excluding hydrogens is 381 g/mol. The maximum atomic E-state index is 13.1. The lowest BCUT2D eigenvalue weighted by Crippen LogP contribution is -2.44. The van der Waals surface area contributed by atoms with Crippen LogP contribution in [0.2, 0.25) is 10.0 Å². The molecule has 0 saturated heterocycles. The monoisotopic (exact) mass is 397 g/mol. The van der Waals surface area contributed by atoms with Gasteiger partial charge in [0.05, 0.1) is 17.2 Å². The molecule has 8 heteroatoms. The van der Waals surface area contributed by atoms with Gasteiger partial charge in [0.25, 0.3) is 5.91 Å². The van der Waals surface area contributed by atoms with Crippen molar-refractivity contribution in [1.29, 1.82) is 0 Å². The summed E-state index contributed by atoms with van der Waals surface area (Å²) in [5, 5.41) is 19.2. The van der Waals surface area contributed by atoms with E-state index in [4.69, 9.17) is 27.9 Å². The fourth-order valence-corrected chi connectivity index (χ4v) is 2.82. The number of amides is 1. The minimum Gasteiger partial charge on any atom is -0.505 e. The molecule has 0 radical (unpaired) electrons. The predicted octanol–water partition coefficient (Wildman–Crippen LogP) is 4.00. The summed E-state index contributed by atoms with van der Waals surface area (Å²) >= 11 is 11.7. The number of ether oxygens (including phenoxy) is 1. The third-order valence-electron chi connectivity index (χ3n) is 3.67. The van der Waals surface area contributed by atoms with E-state index in [1.807, 2.05) is 0 Å². The van der Waals surface area contributed by atoms with E-state index in [9.17, 15) is 19.8 Å². The second-order valence-corrected chi connectivity index (χ2v) is 6.14. The highest BCUT2D eigenvalue weighted by atomic mass is 35.5. The molecule has 0 aliphatic rings. The standard InChI is InChI=1S/C18H17Cl2NO5/c1-3-26-18(25)10(2)21(11-7-5-4-6-8-11)17(24)12-9-13(19)16(23)14(20)15(12)22/h4-10,22-23H,3H2,1-2H3/t10-/m0/s1. The van der Waals surface area contributed by atoms with Crippen molar-refractivity contribution in [3.05, 3.63) is 52.0 Å². The summed E-state index contributed by atoms with van der Waals surface area (Å²) in [6.45, 7) is 3.32. The van der Waals surface area contributed by atoms with Crippen LogP contribution in [0.5, 0.6) is 11.5 Å². The third-order valence-corrected chi connectivity index (χ3v) is 4.31. The molecule has 0 aliphatic heterocycles. The number of hydrogen-bond acceptors (Lipinski definition) is 5. The number of para-hydroxylation sites is 1. The van der Waals surface area contributed by atoms with E-state index in [1.165, 1.54) is 6.92 Å². The summed E-state index contributed by atoms with van der Waals surface area (Å²) in [5.41, 5.74) is 0.163. The summed E-state index contributed by atoms with van der Waals surface area (Å²) < 4.78 is 5.00. The first-order valence-electron chi connectivity index (χ1n) is 7.74. The Morgan fingerprint density at radius 1 is 1.15 bits per heavy atom. The van der Waals surface area contributed by atoms with E-state index in [-0.39, 0.29) is 17.2 Å². The number of carbonyl (C=O) groups excluding carboxylic acids is 2. The first-order valence-corrected chi connectivity index (χ1v) is 8.50. The number of hydrogen-bond donors (Lipinski definition) is 2. The Labute approximate surface area is 160 Å². The molecule has 0 heterocycles. The number of carbonyl (C=O) groups is 2. The Bertz CT molecular complexity index is 826. The molecule has 0 unspecified atom stereocenters. The second-order valence-electron chi connectivity index (χ2n) is 5.36. The van der Waals surface area contributed by atoms with Gasteiger partial charge >= 0.3 is 5.97 Å². The van der Waals surface area contributed by atoms with Crippen LogP contribution in [0, 0.1) is 0 Å². The van der Waals surface area contributed by atoms with Gasteiger partial charge in [0.2, 0.25) is 0 Å². The topological polar surface area (TPSA) is 87.1 Å². The van der Waals surface area contributed by atoms with Crippen molar-refractivity contribution in [3.8, 4) is 11.5 Å². The molecule has 26 heavy (non-hydrogen) atoms. The Morgan fingerprint density at radius 2 is 1.77 bits per heavy atom. The van der Waals surface area contributed by atoms with E-state index in [0.29, 0.717) is 5.69 Å². The summed E-state index contributed by atoms with van der Waals surface area (Å²) in [6, 6.07) is 8.54. The van der Waals surface area contributed by atoms with Crippen LogP contribution in [0.4, 0.5) is 5.69 Å². The van der Waals surface area contributed by atoms with Gasteiger partial charge in [-0.2, -0.15) is 0 Å². The SMILES string of the molecule is CCOC(=O)[C@H](C)N(C(=O)c1cc(Cl)c(O)c(Cl)c1O)c1ccccc1. The smallest absolute Gasteiger partial charge is 0.328 e. The van der Waals surface area contributed by atoms with Crippen LogP contribution in [-0.2, 0) is 9.53 Å². The molecule has 2 aromatic rings. The summed E-state index contributed by atoms with van der Waals surface area (Å²) in [4.78, 5) is 26.5. The molecule has 2 aromatic carbocycles. The van der Waals surface area contributed by atoms with Crippen molar-refractivity contribution in [3.63, 3.8) is 0 Å². The van der Waals surface area contributed by atoms with Gasteiger partial charge in [-0.1, -0.05) is 41.4 Å². The molecule has 0 aliphatic carbocycles. The van der Waals surface area contributed by atoms with Gasteiger partial charge in [-0.05, 0) is 32.0 Å². The van der Waals surface area contributed by atoms with Crippen LogP contribution in [0.3, 0.4) is 0 Å². The minimum atomic E-state index is -0.976. The molecule has 0 saturated carbocycles. The van der Waals surface area contributed by atoms with Gasteiger partial charge in [-0.15, -0.1) is 0 Å². The summed E-state index contributed by atoms with van der Waals surface area (Å²) in [5.74, 6) is -2.50. The maximum Gasteiger partial charge on any atom is 0.328 e. The number of esters is 1. The highest BCUT2D eigenvalue weighted by molar-refractivity contribution is 6.39. The van der Waals surface area contributed by atoms with Crippen molar-refractivity contribution >= 4 is 40.8 Å². The van der Waals surface area contributed by atoms with Crippen molar-refractivity contribution in [2.24, 2.45) is 0 Å². The van der Waals surface area contributed by atoms with Gasteiger partial charge in [0.15, 0.2) is 11.5 Å². The van der Waals surface area contributed by atoms with Crippen molar-refractivity contribution in [2.75, 3.05) is 11.5 Å². The molecular formula is C18H17Cl2NO5. The fourth-order valence-electron chi connectivity index (χ4n) is 2.37. The van der Waals surface area contributed by atoms with Crippen molar-refractivity contribution in [2.45, 2.75) is 19.9 Å². The number of aromatic hydroxyl groups is 2. The van der Waals surface area contributed by atoms with Gasteiger partial charge in [0.1, 0.15) is 11.1 Å². The normalized spacial score (nSPS) is 11.7. The van der Waals surface area contributed by atoms with Crippen molar-refractivity contribution < 1.29 is 24.5 Å². The lowest BCUT2D eigenvalue weighted by Gasteiger charge is -2.28. The minimum absolute atomic E-state index is 0.155. The zero-order valence-corrected chi connectivity index (χ0v) is 15.6. The largest absolute Gasteiger partial charge is 0.505 e. The summed E-state index contributed by atoms with van der Waals surface area (Å²) in [6.07, 6.45) is 0. The van der Waals surface area contributed by atoms with E-state index >= 15 is 0 Å². The molecule has 1 atom stereocenters. The molecule has 6 nitrogen and oxygen atoms in total. The number of benzene rings is 2. The molecule has 1 amide bonds. The highest BCUT2D eigenvalue weighted by Crippen LogP contribution is 2.41. The van der Waals surface area contributed by atoms with Crippen LogP contribution >= 0.6 is 23.2 Å². The van der Waals surface area contributed by atoms with Crippen LogP contribution in [-0.4, -0.2) is 34.7 Å². The lowest BCUT2D eigenvalue weighted by molar-refractivity contribution is -0.144. The van der Waals surface area contributed by atoms with E-state index < -0.39 is 34.4 Å². The zero-order valence-electron chi connectivity index (χ0n) is 14.1. The Morgan fingerprint density at radius 3 is 2.35 bits per heavy atom. The quantitative estimate of drug-likeness (QED) is 0.744. The first kappa shape index (κ1) is 19.9. The van der Waals surface area contributed by atoms with E-state index in [0.717, 1.165) is 11.0 Å². The molecule has 138 valence electrons. The van der Waals surface area contributed by atoms with Gasteiger partial charge in [-0.3, -0.25) is 9.69 Å². The zero-order chi connectivity index (χ0) is 19.4. The van der Waals surface area contributed by atoms with E-state index in [1.54, 1.807) is 37.3 Å². The van der Waals surface area contributed by atoms with Gasteiger partial charge < -0.3 is 14.9 Å². The van der Waals surface area contributed by atoms with Gasteiger partial charge in [-0.25, -0.2) is 4.79 Å². The molecule has 2 N–H and O–H groups in total. The molecule has 0 aromatic heterocycles. The molecule has 2 rings (SSSR count). The number of phenolic OH excluding ortho intramolecular Hbond substituents is 2. The van der Waals surface area contributed by atoms with Crippen molar-refractivity contribution in [1.82, 2.24) is 0 Å². The number of anilines is 1. The predicted molar refractivity (Wildman–Crippen MR) is 99.1 cm³/mol. The number of rotatable bonds is 5. The first-order chi connectivity index (χ1) is 12.3. The molecule has 0 fully saturated rings. The van der Waals surface area contributed by atoms with Crippen LogP contribution in [0.15, 0.2) is 36.4 Å². The molecule has 0 bridgehead atoms. The number of halogens is 2. The van der Waals surface area contributed by atoms with Crippen LogP contribution in [0.1, 0.15) is 24.2 Å². The third kappa shape index (κ3) is 3.86. The average Bonchev–Trinajstić information content (AvgIpc) is 2.64. The number of phenols is 2. The number of nitrogens with zero attached hydrogens (tertiary/aromatic N) is 1. The average molecular weight is 398 g/mol. The highest BCUT2D eigenvalue weighted by Gasteiger charge is 2.32. The Kier molecular flexibility index (Phi) is 6.34. The van der Waals surface area contributed by atoms with Crippen LogP contribution in [0.25, 0.3) is 0 Å². The second kappa shape index (κ2) is 8.29. The fraction of sp³-hybridized carbons (Fsp3) is 0.222. The van der Waals surface area contributed by atoms with Gasteiger partial charge in [0, 0.05) is 5.69 Å². The lowest BCUT2D eigenvalue weighted by atomic mass is 10.1. The van der Waals surface area contributed by atoms with Crippen LogP contribution < -0.4 is 4.90 Å². The maximum absolute atomic E-state index is 13.1. The Hall–Kier alpha value is -2.44.